The van der Waals surface area contributed by atoms with Crippen molar-refractivity contribution in [3.8, 4) is 0 Å². The molecule has 1 saturated heterocycles. The molecule has 1 aromatic carbocycles. The fourth-order valence-corrected chi connectivity index (χ4v) is 2.24. The molecule has 0 saturated carbocycles. The van der Waals surface area contributed by atoms with E-state index in [0.717, 1.165) is 37.6 Å². The average Bonchev–Trinajstić information content (AvgIpc) is 2.27. The highest BCUT2D eigenvalue weighted by Gasteiger charge is 2.24. The summed E-state index contributed by atoms with van der Waals surface area (Å²) in [5, 5.41) is 5.82. The number of carbonyl (C=O) groups is 1. The predicted molar refractivity (Wildman–Crippen MR) is 65.2 cm³/mol. The highest BCUT2D eigenvalue weighted by atomic mass is 19.1. The average molecular weight is 254 g/mol. The van der Waals surface area contributed by atoms with Gasteiger partial charge in [0.25, 0.3) is 0 Å². The van der Waals surface area contributed by atoms with Crippen molar-refractivity contribution in [1.29, 1.82) is 0 Å². The Balaban J connectivity index is 2.02. The lowest BCUT2D eigenvalue weighted by Crippen LogP contribution is -2.40. The number of anilines is 1. The van der Waals surface area contributed by atoms with Crippen LogP contribution in [0.5, 0.6) is 0 Å². The van der Waals surface area contributed by atoms with E-state index in [-0.39, 0.29) is 17.5 Å². The Labute approximate surface area is 105 Å². The molecule has 0 aromatic heterocycles. The molecule has 0 radical (unpaired) electrons. The second kappa shape index (κ2) is 5.44. The van der Waals surface area contributed by atoms with Gasteiger partial charge in [0.2, 0.25) is 5.91 Å². The zero-order valence-corrected chi connectivity index (χ0v) is 10.2. The summed E-state index contributed by atoms with van der Waals surface area (Å²) in [5.41, 5.74) is 0.170. The fourth-order valence-electron chi connectivity index (χ4n) is 2.24. The number of halogens is 2. The number of rotatable bonds is 2. The van der Waals surface area contributed by atoms with Gasteiger partial charge >= 0.3 is 0 Å². The van der Waals surface area contributed by atoms with Gasteiger partial charge < -0.3 is 10.6 Å². The molecule has 1 heterocycles. The second-order valence-corrected chi connectivity index (χ2v) is 4.72. The van der Waals surface area contributed by atoms with E-state index in [1.54, 1.807) is 0 Å². The molecule has 1 fully saturated rings. The van der Waals surface area contributed by atoms with Crippen LogP contribution in [0.1, 0.15) is 19.8 Å². The maximum atomic E-state index is 13.0. The van der Waals surface area contributed by atoms with Gasteiger partial charge in [0.15, 0.2) is 0 Å². The number of hydrogen-bond acceptors (Lipinski definition) is 2. The molecule has 2 rings (SSSR count). The molecular weight excluding hydrogens is 238 g/mol. The number of benzene rings is 1. The normalized spacial score (nSPS) is 23.7. The van der Waals surface area contributed by atoms with Crippen LogP contribution in [0.4, 0.5) is 14.5 Å². The predicted octanol–water partition coefficient (Wildman–Crippen LogP) is 2.29. The first-order chi connectivity index (χ1) is 8.54. The Hall–Kier alpha value is -1.49. The monoisotopic (exact) mass is 254 g/mol. The molecule has 1 aliphatic rings. The van der Waals surface area contributed by atoms with Crippen LogP contribution in [-0.4, -0.2) is 18.5 Å². The third-order valence-electron chi connectivity index (χ3n) is 3.12. The SMILES string of the molecule is C[C@H]1C[C@@H](C(=O)Nc2cc(F)cc(F)c2)CCN1. The highest BCUT2D eigenvalue weighted by molar-refractivity contribution is 5.92. The van der Waals surface area contributed by atoms with Crippen molar-refractivity contribution >= 4 is 11.6 Å². The molecule has 3 nitrogen and oxygen atoms in total. The van der Waals surface area contributed by atoms with Crippen LogP contribution in [0.2, 0.25) is 0 Å². The molecule has 1 amide bonds. The van der Waals surface area contributed by atoms with Crippen LogP contribution >= 0.6 is 0 Å². The molecule has 0 unspecified atom stereocenters. The van der Waals surface area contributed by atoms with E-state index in [2.05, 4.69) is 10.6 Å². The van der Waals surface area contributed by atoms with Crippen LogP contribution in [0.3, 0.4) is 0 Å². The first-order valence-corrected chi connectivity index (χ1v) is 6.05. The van der Waals surface area contributed by atoms with Crippen LogP contribution in [-0.2, 0) is 4.79 Å². The molecule has 0 bridgehead atoms. The summed E-state index contributed by atoms with van der Waals surface area (Å²) in [6.45, 7) is 2.80. The van der Waals surface area contributed by atoms with Gasteiger partial charge in [-0.3, -0.25) is 4.79 Å². The van der Waals surface area contributed by atoms with Crippen LogP contribution in [0.15, 0.2) is 18.2 Å². The minimum absolute atomic E-state index is 0.104. The third kappa shape index (κ3) is 3.26. The first kappa shape index (κ1) is 13.0. The van der Waals surface area contributed by atoms with Crippen LogP contribution in [0.25, 0.3) is 0 Å². The summed E-state index contributed by atoms with van der Waals surface area (Å²) in [6.07, 6.45) is 1.48. The topological polar surface area (TPSA) is 41.1 Å². The lowest BCUT2D eigenvalue weighted by molar-refractivity contribution is -0.120. The Bertz CT molecular complexity index is 430. The molecular formula is C13H16F2N2O. The van der Waals surface area contributed by atoms with E-state index in [1.165, 1.54) is 0 Å². The van der Waals surface area contributed by atoms with Crippen molar-refractivity contribution in [2.24, 2.45) is 5.92 Å². The number of hydrogen-bond donors (Lipinski definition) is 2. The van der Waals surface area contributed by atoms with Crippen molar-refractivity contribution in [3.05, 3.63) is 29.8 Å². The fraction of sp³-hybridized carbons (Fsp3) is 0.462. The van der Waals surface area contributed by atoms with Gasteiger partial charge in [-0.25, -0.2) is 8.78 Å². The van der Waals surface area contributed by atoms with E-state index in [9.17, 15) is 13.6 Å². The van der Waals surface area contributed by atoms with Crippen molar-refractivity contribution in [2.45, 2.75) is 25.8 Å². The maximum Gasteiger partial charge on any atom is 0.227 e. The van der Waals surface area contributed by atoms with Gasteiger partial charge in [-0.05, 0) is 38.4 Å². The number of piperidine rings is 1. The van der Waals surface area contributed by atoms with Crippen LogP contribution < -0.4 is 10.6 Å². The summed E-state index contributed by atoms with van der Waals surface area (Å²) < 4.78 is 26.0. The lowest BCUT2D eigenvalue weighted by Gasteiger charge is -2.27. The first-order valence-electron chi connectivity index (χ1n) is 6.05. The Morgan fingerprint density at radius 2 is 2.00 bits per heavy atom. The number of nitrogens with one attached hydrogen (secondary N) is 2. The summed E-state index contributed by atoms with van der Waals surface area (Å²) >= 11 is 0. The molecule has 1 aliphatic heterocycles. The van der Waals surface area contributed by atoms with E-state index < -0.39 is 11.6 Å². The molecule has 5 heteroatoms. The summed E-state index contributed by atoms with van der Waals surface area (Å²) in [5.74, 6) is -1.66. The van der Waals surface area contributed by atoms with Crippen molar-refractivity contribution < 1.29 is 13.6 Å². The van der Waals surface area contributed by atoms with Gasteiger partial charge in [-0.1, -0.05) is 0 Å². The zero-order valence-electron chi connectivity index (χ0n) is 10.2. The smallest absolute Gasteiger partial charge is 0.227 e. The standard InChI is InChI=1S/C13H16F2N2O/c1-8-4-9(2-3-16-8)13(18)17-12-6-10(14)5-11(15)7-12/h5-9,16H,2-4H2,1H3,(H,17,18)/t8-,9-/m0/s1. The second-order valence-electron chi connectivity index (χ2n) is 4.72. The minimum Gasteiger partial charge on any atom is -0.326 e. The largest absolute Gasteiger partial charge is 0.326 e. The Morgan fingerprint density at radius 1 is 1.33 bits per heavy atom. The van der Waals surface area contributed by atoms with Crippen LogP contribution in [0, 0.1) is 17.6 Å². The maximum absolute atomic E-state index is 13.0. The van der Waals surface area contributed by atoms with Gasteiger partial charge in [-0.2, -0.15) is 0 Å². The van der Waals surface area contributed by atoms with Gasteiger partial charge in [-0.15, -0.1) is 0 Å². The van der Waals surface area contributed by atoms with Gasteiger partial charge in [0.05, 0.1) is 0 Å². The highest BCUT2D eigenvalue weighted by Crippen LogP contribution is 2.19. The van der Waals surface area contributed by atoms with Crippen molar-refractivity contribution in [3.63, 3.8) is 0 Å². The Morgan fingerprint density at radius 3 is 2.61 bits per heavy atom. The van der Waals surface area contributed by atoms with Gasteiger partial charge in [0.1, 0.15) is 11.6 Å². The molecule has 98 valence electrons. The summed E-state index contributed by atoms with van der Waals surface area (Å²) in [6, 6.07) is 3.30. The van der Waals surface area contributed by atoms with E-state index in [0.29, 0.717) is 6.04 Å². The van der Waals surface area contributed by atoms with Crippen molar-refractivity contribution in [1.82, 2.24) is 5.32 Å². The third-order valence-corrected chi connectivity index (χ3v) is 3.12. The zero-order chi connectivity index (χ0) is 13.1. The van der Waals surface area contributed by atoms with E-state index in [4.69, 9.17) is 0 Å². The van der Waals surface area contributed by atoms with Crippen molar-refractivity contribution in [2.75, 3.05) is 11.9 Å². The van der Waals surface area contributed by atoms with E-state index in [1.807, 2.05) is 6.92 Å². The number of carbonyl (C=O) groups excluding carboxylic acids is 1. The summed E-state index contributed by atoms with van der Waals surface area (Å²) in [4.78, 5) is 12.0. The number of amides is 1. The molecule has 0 spiro atoms. The molecule has 2 atom stereocenters. The van der Waals surface area contributed by atoms with Gasteiger partial charge in [0, 0.05) is 23.7 Å². The molecule has 18 heavy (non-hydrogen) atoms. The molecule has 2 N–H and O–H groups in total. The lowest BCUT2D eigenvalue weighted by atomic mass is 9.92. The summed E-state index contributed by atoms with van der Waals surface area (Å²) in [7, 11) is 0. The molecule has 1 aromatic rings. The quantitative estimate of drug-likeness (QED) is 0.850. The van der Waals surface area contributed by atoms with E-state index >= 15 is 0 Å². The molecule has 0 aliphatic carbocycles. The Kier molecular flexibility index (Phi) is 3.91. The minimum atomic E-state index is -0.691.